The van der Waals surface area contributed by atoms with E-state index in [0.717, 1.165) is 42.0 Å². The molecule has 106 valence electrons. The van der Waals surface area contributed by atoms with Crippen LogP contribution in [0.4, 0.5) is 5.82 Å². The van der Waals surface area contributed by atoms with Crippen molar-refractivity contribution in [1.82, 2.24) is 9.97 Å². The van der Waals surface area contributed by atoms with Gasteiger partial charge >= 0.3 is 0 Å². The fourth-order valence-electron chi connectivity index (χ4n) is 1.97. The van der Waals surface area contributed by atoms with E-state index in [4.69, 9.17) is 9.47 Å². The van der Waals surface area contributed by atoms with E-state index < -0.39 is 0 Å². The van der Waals surface area contributed by atoms with E-state index in [2.05, 4.69) is 22.2 Å². The molecule has 1 atom stereocenters. The van der Waals surface area contributed by atoms with Gasteiger partial charge in [-0.25, -0.2) is 9.97 Å². The Morgan fingerprint density at radius 2 is 2.42 bits per heavy atom. The lowest BCUT2D eigenvalue weighted by molar-refractivity contribution is 0.129. The van der Waals surface area contributed by atoms with Crippen molar-refractivity contribution in [3.05, 3.63) is 11.9 Å². The van der Waals surface area contributed by atoms with Crippen molar-refractivity contribution < 1.29 is 9.47 Å². The number of anilines is 1. The molecular weight excluding hydrogens is 262 g/mol. The highest BCUT2D eigenvalue weighted by Crippen LogP contribution is 2.24. The van der Waals surface area contributed by atoms with Gasteiger partial charge in [-0.2, -0.15) is 0 Å². The molecule has 2 rings (SSSR count). The molecular formula is C13H21N3O2S. The van der Waals surface area contributed by atoms with Crippen molar-refractivity contribution in [3.8, 4) is 0 Å². The summed E-state index contributed by atoms with van der Waals surface area (Å²) in [6.45, 7) is 4.23. The fraction of sp³-hybridized carbons (Fsp3) is 0.692. The minimum Gasteiger partial charge on any atom is -0.377 e. The second-order valence-corrected chi connectivity index (χ2v) is 5.46. The molecule has 0 aliphatic carbocycles. The zero-order valence-corrected chi connectivity index (χ0v) is 12.3. The molecule has 1 aliphatic heterocycles. The highest BCUT2D eigenvalue weighted by atomic mass is 32.2. The van der Waals surface area contributed by atoms with Gasteiger partial charge in [0.15, 0.2) is 5.82 Å². The van der Waals surface area contributed by atoms with Crippen LogP contribution in [0.2, 0.25) is 0 Å². The van der Waals surface area contributed by atoms with Crippen LogP contribution in [0, 0.1) is 0 Å². The van der Waals surface area contributed by atoms with Crippen LogP contribution < -0.4 is 5.32 Å². The molecule has 0 bridgehead atoms. The lowest BCUT2D eigenvalue weighted by Gasteiger charge is -2.10. The van der Waals surface area contributed by atoms with Gasteiger partial charge in [0, 0.05) is 32.1 Å². The van der Waals surface area contributed by atoms with Gasteiger partial charge < -0.3 is 14.8 Å². The van der Waals surface area contributed by atoms with Crippen molar-refractivity contribution in [2.45, 2.75) is 37.5 Å². The third-order valence-corrected chi connectivity index (χ3v) is 3.86. The Morgan fingerprint density at radius 1 is 1.53 bits per heavy atom. The minimum absolute atomic E-state index is 0.369. The molecule has 2 heterocycles. The predicted molar refractivity (Wildman–Crippen MR) is 76.6 cm³/mol. The third kappa shape index (κ3) is 4.63. The highest BCUT2D eigenvalue weighted by molar-refractivity contribution is 7.99. The van der Waals surface area contributed by atoms with Crippen LogP contribution in [0.25, 0.3) is 0 Å². The Bertz CT molecular complexity index is 373. The Labute approximate surface area is 118 Å². The van der Waals surface area contributed by atoms with Crippen molar-refractivity contribution in [2.24, 2.45) is 0 Å². The fourth-order valence-corrected chi connectivity index (χ4v) is 2.95. The first kappa shape index (κ1) is 14.6. The van der Waals surface area contributed by atoms with Gasteiger partial charge in [0.05, 0.1) is 6.10 Å². The van der Waals surface area contributed by atoms with Gasteiger partial charge in [-0.3, -0.25) is 0 Å². The Kier molecular flexibility index (Phi) is 5.88. The molecule has 1 fully saturated rings. The van der Waals surface area contributed by atoms with E-state index in [0.29, 0.717) is 12.7 Å². The van der Waals surface area contributed by atoms with E-state index in [9.17, 15) is 0 Å². The lowest BCUT2D eigenvalue weighted by atomic mass is 10.3. The van der Waals surface area contributed by atoms with Crippen LogP contribution in [-0.4, -0.2) is 42.1 Å². The van der Waals surface area contributed by atoms with Crippen LogP contribution in [0.3, 0.4) is 0 Å². The van der Waals surface area contributed by atoms with Gasteiger partial charge in [-0.15, -0.1) is 11.8 Å². The van der Waals surface area contributed by atoms with Crippen LogP contribution in [0.1, 0.15) is 25.6 Å². The number of ether oxygens (including phenoxy) is 2. The molecule has 0 spiro atoms. The topological polar surface area (TPSA) is 56.3 Å². The van der Waals surface area contributed by atoms with Crippen LogP contribution >= 0.6 is 11.8 Å². The van der Waals surface area contributed by atoms with Crippen LogP contribution in [0.15, 0.2) is 11.1 Å². The molecule has 1 saturated heterocycles. The number of nitrogens with zero attached hydrogens (tertiary/aromatic N) is 2. The molecule has 1 aromatic rings. The standard InChI is InChI=1S/C13H21N3O2S/c1-3-14-11-7-13(16-12(15-11)8-17-2)19-9-10-5-4-6-18-10/h7,10H,3-6,8-9H2,1-2H3,(H,14,15,16). The highest BCUT2D eigenvalue weighted by Gasteiger charge is 2.16. The average Bonchev–Trinajstić information content (AvgIpc) is 2.90. The van der Waals surface area contributed by atoms with Gasteiger partial charge in [-0.1, -0.05) is 0 Å². The molecule has 6 heteroatoms. The number of nitrogens with one attached hydrogen (secondary N) is 1. The first-order valence-corrected chi connectivity index (χ1v) is 7.65. The number of hydrogen-bond donors (Lipinski definition) is 1. The zero-order valence-electron chi connectivity index (χ0n) is 11.5. The Morgan fingerprint density at radius 3 is 3.11 bits per heavy atom. The van der Waals surface area contributed by atoms with Gasteiger partial charge in [0.25, 0.3) is 0 Å². The van der Waals surface area contributed by atoms with Crippen molar-refractivity contribution in [2.75, 3.05) is 31.3 Å². The summed E-state index contributed by atoms with van der Waals surface area (Å²) in [4.78, 5) is 8.90. The summed E-state index contributed by atoms with van der Waals surface area (Å²) in [5, 5.41) is 4.20. The molecule has 0 saturated carbocycles. The zero-order chi connectivity index (χ0) is 13.5. The first-order chi connectivity index (χ1) is 9.31. The van der Waals surface area contributed by atoms with Crippen LogP contribution in [0.5, 0.6) is 0 Å². The summed E-state index contributed by atoms with van der Waals surface area (Å²) >= 11 is 1.73. The molecule has 1 aromatic heterocycles. The van der Waals surface area contributed by atoms with Crippen LogP contribution in [-0.2, 0) is 16.1 Å². The van der Waals surface area contributed by atoms with Gasteiger partial charge in [0.1, 0.15) is 17.5 Å². The summed E-state index contributed by atoms with van der Waals surface area (Å²) in [6, 6.07) is 1.99. The quantitative estimate of drug-likeness (QED) is 0.612. The molecule has 19 heavy (non-hydrogen) atoms. The Balaban J connectivity index is 1.99. The smallest absolute Gasteiger partial charge is 0.157 e. The molecule has 5 nitrogen and oxygen atoms in total. The molecule has 0 aromatic carbocycles. The average molecular weight is 283 g/mol. The second-order valence-electron chi connectivity index (χ2n) is 4.42. The van der Waals surface area contributed by atoms with E-state index in [1.54, 1.807) is 18.9 Å². The van der Waals surface area contributed by atoms with E-state index in [1.807, 2.05) is 6.07 Å². The van der Waals surface area contributed by atoms with Gasteiger partial charge in [0.2, 0.25) is 0 Å². The summed E-state index contributed by atoms with van der Waals surface area (Å²) in [5.41, 5.74) is 0. The van der Waals surface area contributed by atoms with E-state index >= 15 is 0 Å². The normalized spacial score (nSPS) is 18.7. The van der Waals surface area contributed by atoms with Crippen molar-refractivity contribution in [1.29, 1.82) is 0 Å². The summed E-state index contributed by atoms with van der Waals surface area (Å²) in [6.07, 6.45) is 2.70. The Hall–Kier alpha value is -0.850. The van der Waals surface area contributed by atoms with Gasteiger partial charge in [-0.05, 0) is 19.8 Å². The maximum absolute atomic E-state index is 5.63. The SMILES string of the molecule is CCNc1cc(SCC2CCCO2)nc(COC)n1. The maximum atomic E-state index is 5.63. The third-order valence-electron chi connectivity index (χ3n) is 2.82. The summed E-state index contributed by atoms with van der Waals surface area (Å²) < 4.78 is 10.7. The number of methoxy groups -OCH3 is 1. The summed E-state index contributed by atoms with van der Waals surface area (Å²) in [7, 11) is 1.66. The first-order valence-electron chi connectivity index (χ1n) is 6.67. The van der Waals surface area contributed by atoms with Crippen molar-refractivity contribution >= 4 is 17.6 Å². The number of aromatic nitrogens is 2. The molecule has 1 aliphatic rings. The van der Waals surface area contributed by atoms with Crippen molar-refractivity contribution in [3.63, 3.8) is 0 Å². The minimum atomic E-state index is 0.369. The maximum Gasteiger partial charge on any atom is 0.157 e. The summed E-state index contributed by atoms with van der Waals surface area (Å²) in [5.74, 6) is 2.53. The molecule has 1 unspecified atom stereocenters. The number of hydrogen-bond acceptors (Lipinski definition) is 6. The molecule has 0 radical (unpaired) electrons. The second kappa shape index (κ2) is 7.67. The lowest BCUT2D eigenvalue weighted by Crippen LogP contribution is -2.09. The molecule has 0 amide bonds. The largest absolute Gasteiger partial charge is 0.377 e. The van der Waals surface area contributed by atoms with E-state index in [-0.39, 0.29) is 0 Å². The molecule has 1 N–H and O–H groups in total. The predicted octanol–water partition coefficient (Wildman–Crippen LogP) is 2.33. The number of rotatable bonds is 7. The number of thioether (sulfide) groups is 1. The van der Waals surface area contributed by atoms with E-state index in [1.165, 1.54) is 6.42 Å². The monoisotopic (exact) mass is 283 g/mol.